The van der Waals surface area contributed by atoms with E-state index in [9.17, 15) is 8.42 Å². The van der Waals surface area contributed by atoms with Crippen molar-refractivity contribution in [2.24, 2.45) is 0 Å². The van der Waals surface area contributed by atoms with E-state index in [0.29, 0.717) is 10.7 Å². The lowest BCUT2D eigenvalue weighted by atomic mass is 10.4. The number of hydrogen-bond donors (Lipinski definition) is 1. The Morgan fingerprint density at radius 2 is 2.00 bits per heavy atom. The van der Waals surface area contributed by atoms with E-state index in [1.54, 1.807) is 6.92 Å². The second-order valence-electron chi connectivity index (χ2n) is 4.05. The van der Waals surface area contributed by atoms with Crippen LogP contribution in [0, 0.1) is 6.92 Å². The minimum Gasteiger partial charge on any atom is -0.478 e. The molecule has 9 heteroatoms. The molecule has 0 aliphatic heterocycles. The second kappa shape index (κ2) is 6.05. The van der Waals surface area contributed by atoms with Crippen molar-refractivity contribution < 1.29 is 13.2 Å². The molecule has 0 radical (unpaired) electrons. The average molecular weight is 348 g/mol. The van der Waals surface area contributed by atoms with Crippen LogP contribution in [-0.4, -0.2) is 25.5 Å². The van der Waals surface area contributed by atoms with Gasteiger partial charge in [0.05, 0.1) is 24.0 Å². The van der Waals surface area contributed by atoms with Gasteiger partial charge in [-0.1, -0.05) is 23.2 Å². The Balaban J connectivity index is 2.42. The molecule has 0 atom stereocenters. The van der Waals surface area contributed by atoms with Crippen molar-refractivity contribution in [2.75, 3.05) is 11.8 Å². The molecule has 0 aliphatic carbocycles. The summed E-state index contributed by atoms with van der Waals surface area (Å²) in [7, 11) is -2.56. The summed E-state index contributed by atoms with van der Waals surface area (Å²) in [5.74, 6) is 0.0535. The van der Waals surface area contributed by atoms with Crippen molar-refractivity contribution in [3.63, 3.8) is 0 Å². The molecule has 0 spiro atoms. The number of nitrogens with zero attached hydrogens (tertiary/aromatic N) is 2. The lowest BCUT2D eigenvalue weighted by Crippen LogP contribution is -2.15. The van der Waals surface area contributed by atoms with Gasteiger partial charge in [-0.3, -0.25) is 4.72 Å². The highest BCUT2D eigenvalue weighted by molar-refractivity contribution is 7.92. The molecule has 0 fully saturated rings. The number of nitrogens with one attached hydrogen (secondary N) is 1. The number of sulfonamides is 1. The molecule has 1 aromatic carbocycles. The van der Waals surface area contributed by atoms with E-state index in [0.717, 1.165) is 0 Å². The van der Waals surface area contributed by atoms with E-state index in [-0.39, 0.29) is 21.6 Å². The zero-order valence-electron chi connectivity index (χ0n) is 11.1. The highest BCUT2D eigenvalue weighted by Crippen LogP contribution is 2.28. The third kappa shape index (κ3) is 3.55. The SMILES string of the molecule is COc1nc(C)cnc1NS(=O)(=O)c1ccc(Cl)cc1Cl. The number of ether oxygens (including phenoxy) is 1. The summed E-state index contributed by atoms with van der Waals surface area (Å²) >= 11 is 11.7. The monoisotopic (exact) mass is 347 g/mol. The average Bonchev–Trinajstić information content (AvgIpc) is 2.40. The normalized spacial score (nSPS) is 11.2. The highest BCUT2D eigenvalue weighted by atomic mass is 35.5. The smallest absolute Gasteiger partial charge is 0.264 e. The molecule has 112 valence electrons. The molecule has 0 saturated carbocycles. The van der Waals surface area contributed by atoms with Crippen LogP contribution in [0.15, 0.2) is 29.3 Å². The molecule has 6 nitrogen and oxygen atoms in total. The van der Waals surface area contributed by atoms with Crippen LogP contribution < -0.4 is 9.46 Å². The first-order valence-corrected chi connectivity index (χ1v) is 7.93. The zero-order valence-corrected chi connectivity index (χ0v) is 13.4. The van der Waals surface area contributed by atoms with E-state index >= 15 is 0 Å². The van der Waals surface area contributed by atoms with Crippen LogP contribution in [0.4, 0.5) is 5.82 Å². The standard InChI is InChI=1S/C12H11Cl2N3O3S/c1-7-6-15-11(12(16-7)20-2)17-21(18,19)10-4-3-8(13)5-9(10)14/h3-6H,1-2H3,(H,15,17). The maximum absolute atomic E-state index is 12.3. The van der Waals surface area contributed by atoms with Gasteiger partial charge in [0.25, 0.3) is 15.9 Å². The number of aromatic nitrogens is 2. The first-order valence-electron chi connectivity index (χ1n) is 5.69. The number of rotatable bonds is 4. The predicted molar refractivity (Wildman–Crippen MR) is 80.6 cm³/mol. The summed E-state index contributed by atoms with van der Waals surface area (Å²) in [5, 5.41) is 0.348. The van der Waals surface area contributed by atoms with Gasteiger partial charge in [-0.2, -0.15) is 0 Å². The van der Waals surface area contributed by atoms with Gasteiger partial charge in [-0.05, 0) is 25.1 Å². The Labute approximate surface area is 132 Å². The third-order valence-electron chi connectivity index (χ3n) is 2.47. The van der Waals surface area contributed by atoms with Crippen molar-refractivity contribution in [1.82, 2.24) is 9.97 Å². The fraction of sp³-hybridized carbons (Fsp3) is 0.167. The van der Waals surface area contributed by atoms with Crippen LogP contribution in [0.1, 0.15) is 5.69 Å². The van der Waals surface area contributed by atoms with Crippen LogP contribution >= 0.6 is 23.2 Å². The van der Waals surface area contributed by atoms with Gasteiger partial charge in [0.1, 0.15) is 4.90 Å². The Morgan fingerprint density at radius 3 is 2.62 bits per heavy atom. The van der Waals surface area contributed by atoms with E-state index in [1.165, 1.54) is 31.5 Å². The summed E-state index contributed by atoms with van der Waals surface area (Å²) in [5.41, 5.74) is 0.597. The first kappa shape index (κ1) is 15.8. The fourth-order valence-corrected chi connectivity index (χ4v) is 3.32. The highest BCUT2D eigenvalue weighted by Gasteiger charge is 2.21. The van der Waals surface area contributed by atoms with E-state index < -0.39 is 10.0 Å². The zero-order chi connectivity index (χ0) is 15.6. The molecule has 0 amide bonds. The largest absolute Gasteiger partial charge is 0.478 e. The number of benzene rings is 1. The third-order valence-corrected chi connectivity index (χ3v) is 4.53. The quantitative estimate of drug-likeness (QED) is 0.919. The van der Waals surface area contributed by atoms with Crippen molar-refractivity contribution in [3.8, 4) is 5.88 Å². The summed E-state index contributed by atoms with van der Waals surface area (Å²) < 4.78 is 31.9. The Kier molecular flexibility index (Phi) is 4.55. The Morgan fingerprint density at radius 1 is 1.29 bits per heavy atom. The molecular weight excluding hydrogens is 337 g/mol. The van der Waals surface area contributed by atoms with Crippen molar-refractivity contribution >= 4 is 39.0 Å². The lowest BCUT2D eigenvalue weighted by Gasteiger charge is -2.11. The molecule has 21 heavy (non-hydrogen) atoms. The van der Waals surface area contributed by atoms with Crippen LogP contribution in [0.25, 0.3) is 0 Å². The van der Waals surface area contributed by atoms with Gasteiger partial charge in [-0.25, -0.2) is 18.4 Å². The first-order chi connectivity index (χ1) is 9.83. The van der Waals surface area contributed by atoms with Crippen LogP contribution in [0.5, 0.6) is 5.88 Å². The Bertz CT molecular complexity index is 781. The molecule has 2 rings (SSSR count). The number of anilines is 1. The molecule has 1 heterocycles. The number of methoxy groups -OCH3 is 1. The predicted octanol–water partition coefficient (Wildman–Crippen LogP) is 2.90. The minimum atomic E-state index is -3.93. The van der Waals surface area contributed by atoms with Gasteiger partial charge in [-0.15, -0.1) is 0 Å². The van der Waals surface area contributed by atoms with Crippen molar-refractivity contribution in [3.05, 3.63) is 40.1 Å². The number of halogens is 2. The van der Waals surface area contributed by atoms with Gasteiger partial charge in [0.15, 0.2) is 0 Å². The van der Waals surface area contributed by atoms with Crippen molar-refractivity contribution in [2.45, 2.75) is 11.8 Å². The second-order valence-corrected chi connectivity index (χ2v) is 6.54. The van der Waals surface area contributed by atoms with Crippen molar-refractivity contribution in [1.29, 1.82) is 0 Å². The Hall–Kier alpha value is -1.57. The van der Waals surface area contributed by atoms with E-state index in [2.05, 4.69) is 14.7 Å². The maximum atomic E-state index is 12.3. The molecule has 0 unspecified atom stereocenters. The summed E-state index contributed by atoms with van der Waals surface area (Å²) in [6.07, 6.45) is 1.42. The summed E-state index contributed by atoms with van der Waals surface area (Å²) in [6.45, 7) is 1.71. The maximum Gasteiger partial charge on any atom is 0.264 e. The molecular formula is C12H11Cl2N3O3S. The van der Waals surface area contributed by atoms with Gasteiger partial charge in [0, 0.05) is 5.02 Å². The molecule has 1 N–H and O–H groups in total. The molecule has 0 saturated heterocycles. The van der Waals surface area contributed by atoms with Crippen LogP contribution in [-0.2, 0) is 10.0 Å². The van der Waals surface area contributed by atoms with Gasteiger partial charge < -0.3 is 4.74 Å². The number of hydrogen-bond acceptors (Lipinski definition) is 5. The van der Waals surface area contributed by atoms with E-state index in [1.807, 2.05) is 0 Å². The summed E-state index contributed by atoms with van der Waals surface area (Å²) in [6, 6.07) is 4.08. The van der Waals surface area contributed by atoms with Crippen LogP contribution in [0.2, 0.25) is 10.0 Å². The van der Waals surface area contributed by atoms with Gasteiger partial charge in [0.2, 0.25) is 5.82 Å². The van der Waals surface area contributed by atoms with Crippen LogP contribution in [0.3, 0.4) is 0 Å². The van der Waals surface area contributed by atoms with E-state index in [4.69, 9.17) is 27.9 Å². The minimum absolute atomic E-state index is 0.00837. The summed E-state index contributed by atoms with van der Waals surface area (Å²) in [4.78, 5) is 7.89. The van der Waals surface area contributed by atoms with Gasteiger partial charge >= 0.3 is 0 Å². The number of aryl methyl sites for hydroxylation is 1. The topological polar surface area (TPSA) is 81.2 Å². The molecule has 1 aromatic heterocycles. The molecule has 2 aromatic rings. The molecule has 0 aliphatic rings. The lowest BCUT2D eigenvalue weighted by molar-refractivity contribution is 0.397. The fourth-order valence-electron chi connectivity index (χ4n) is 1.54. The molecule has 0 bridgehead atoms.